The van der Waals surface area contributed by atoms with Gasteiger partial charge in [-0.2, -0.15) is 0 Å². The number of halogens is 2. The zero-order chi connectivity index (χ0) is 16.4. The monoisotopic (exact) mass is 334 g/mol. The Morgan fingerprint density at radius 2 is 2.22 bits per heavy atom. The van der Waals surface area contributed by atoms with Crippen molar-refractivity contribution in [3.63, 3.8) is 0 Å². The van der Waals surface area contributed by atoms with E-state index in [4.69, 9.17) is 11.6 Å². The summed E-state index contributed by atoms with van der Waals surface area (Å²) in [6.45, 7) is 3.03. The van der Waals surface area contributed by atoms with Crippen LogP contribution in [0.4, 0.5) is 4.39 Å². The first-order valence-electron chi connectivity index (χ1n) is 7.73. The summed E-state index contributed by atoms with van der Waals surface area (Å²) >= 11 is 5.81. The van der Waals surface area contributed by atoms with Crippen molar-refractivity contribution in [3.8, 4) is 0 Å². The minimum absolute atomic E-state index is 0.0832. The summed E-state index contributed by atoms with van der Waals surface area (Å²) in [5.41, 5.74) is 1.85. The number of aromatic nitrogens is 2. The minimum Gasteiger partial charge on any atom is -0.304 e. The smallest absolute Gasteiger partial charge is 0.142 e. The molecule has 0 saturated carbocycles. The van der Waals surface area contributed by atoms with Crippen LogP contribution in [0.5, 0.6) is 0 Å². The van der Waals surface area contributed by atoms with E-state index < -0.39 is 0 Å². The van der Waals surface area contributed by atoms with Gasteiger partial charge in [0.15, 0.2) is 0 Å². The molecule has 0 radical (unpaired) electrons. The molecule has 4 nitrogen and oxygen atoms in total. The second-order valence-corrected chi connectivity index (χ2v) is 6.42. The van der Waals surface area contributed by atoms with E-state index in [1.54, 1.807) is 24.7 Å². The van der Waals surface area contributed by atoms with Gasteiger partial charge in [0.05, 0.1) is 10.7 Å². The minimum atomic E-state index is -0.370. The fraction of sp³-hybridized carbons (Fsp3) is 0.412. The molecule has 3 rings (SSSR count). The Hall–Kier alpha value is -1.56. The van der Waals surface area contributed by atoms with E-state index in [-0.39, 0.29) is 29.0 Å². The van der Waals surface area contributed by atoms with Crippen molar-refractivity contribution in [3.05, 3.63) is 58.9 Å². The molecule has 1 aliphatic rings. The fourth-order valence-electron chi connectivity index (χ4n) is 3.25. The van der Waals surface area contributed by atoms with Crippen LogP contribution in [-0.4, -0.2) is 34.5 Å². The van der Waals surface area contributed by atoms with Gasteiger partial charge in [0.25, 0.3) is 0 Å². The van der Waals surface area contributed by atoms with E-state index >= 15 is 0 Å². The molecule has 0 amide bonds. The number of hydrogen-bond donors (Lipinski definition) is 1. The molecule has 6 heteroatoms. The second-order valence-electron chi connectivity index (χ2n) is 6.01. The summed E-state index contributed by atoms with van der Waals surface area (Å²) in [6, 6.07) is 5.48. The van der Waals surface area contributed by atoms with Gasteiger partial charge in [0.1, 0.15) is 5.82 Å². The maximum atomic E-state index is 13.8. The normalized spacial score (nSPS) is 23.1. The summed E-state index contributed by atoms with van der Waals surface area (Å²) in [5.74, 6) is -0.370. The highest BCUT2D eigenvalue weighted by Gasteiger charge is 2.34. The molecule has 3 atom stereocenters. The first-order valence-corrected chi connectivity index (χ1v) is 8.11. The maximum Gasteiger partial charge on any atom is 0.142 e. The molecular weight excluding hydrogens is 315 g/mol. The number of rotatable bonds is 4. The Morgan fingerprint density at radius 3 is 2.91 bits per heavy atom. The summed E-state index contributed by atoms with van der Waals surface area (Å²) in [5, 5.41) is 3.77. The third-order valence-electron chi connectivity index (χ3n) is 4.42. The topological polar surface area (TPSA) is 41.0 Å². The predicted octanol–water partition coefficient (Wildman–Crippen LogP) is 3.37. The van der Waals surface area contributed by atoms with E-state index in [2.05, 4.69) is 34.2 Å². The van der Waals surface area contributed by atoms with Gasteiger partial charge in [-0.25, -0.2) is 4.39 Å². The van der Waals surface area contributed by atoms with Crippen LogP contribution >= 0.6 is 11.6 Å². The highest BCUT2D eigenvalue weighted by Crippen LogP contribution is 2.33. The van der Waals surface area contributed by atoms with Crippen molar-refractivity contribution in [1.82, 2.24) is 20.2 Å². The molecule has 0 spiro atoms. The molecule has 23 heavy (non-hydrogen) atoms. The molecule has 1 saturated heterocycles. The second kappa shape index (κ2) is 6.91. The van der Waals surface area contributed by atoms with Gasteiger partial charge in [-0.15, -0.1) is 0 Å². The SMILES string of the molecule is CC(NC1CCN(C)C1c1ccc(Cl)c(F)c1)c1cnccn1. The number of nitrogens with one attached hydrogen (secondary N) is 1. The Morgan fingerprint density at radius 1 is 1.39 bits per heavy atom. The third-order valence-corrected chi connectivity index (χ3v) is 4.73. The number of likely N-dealkylation sites (N-methyl/N-ethyl adjacent to an activating group) is 1. The molecule has 2 heterocycles. The van der Waals surface area contributed by atoms with Crippen LogP contribution in [0.25, 0.3) is 0 Å². The van der Waals surface area contributed by atoms with Crippen LogP contribution < -0.4 is 5.32 Å². The predicted molar refractivity (Wildman–Crippen MR) is 88.8 cm³/mol. The lowest BCUT2D eigenvalue weighted by molar-refractivity contribution is 0.277. The van der Waals surface area contributed by atoms with Crippen LogP contribution in [0.2, 0.25) is 5.02 Å². The van der Waals surface area contributed by atoms with Crippen LogP contribution in [-0.2, 0) is 0 Å². The average molecular weight is 335 g/mol. The van der Waals surface area contributed by atoms with Gasteiger partial charge in [-0.3, -0.25) is 14.9 Å². The van der Waals surface area contributed by atoms with E-state index in [0.717, 1.165) is 24.2 Å². The highest BCUT2D eigenvalue weighted by atomic mass is 35.5. The molecule has 0 aliphatic carbocycles. The molecule has 2 aromatic rings. The first-order chi connectivity index (χ1) is 11.1. The van der Waals surface area contributed by atoms with Gasteiger partial charge in [0, 0.05) is 43.3 Å². The third kappa shape index (κ3) is 3.52. The molecule has 0 bridgehead atoms. The van der Waals surface area contributed by atoms with Gasteiger partial charge in [0.2, 0.25) is 0 Å². The lowest BCUT2D eigenvalue weighted by Gasteiger charge is -2.28. The summed E-state index contributed by atoms with van der Waals surface area (Å²) in [6.07, 6.45) is 6.13. The Bertz CT molecular complexity index is 667. The molecule has 1 aromatic carbocycles. The number of likely N-dealkylation sites (tertiary alicyclic amines) is 1. The molecular formula is C17H20ClFN4. The van der Waals surface area contributed by atoms with Gasteiger partial charge < -0.3 is 5.32 Å². The van der Waals surface area contributed by atoms with Crippen LogP contribution in [0.3, 0.4) is 0 Å². The van der Waals surface area contributed by atoms with E-state index in [9.17, 15) is 4.39 Å². The summed E-state index contributed by atoms with van der Waals surface area (Å²) < 4.78 is 13.8. The van der Waals surface area contributed by atoms with Crippen LogP contribution in [0.15, 0.2) is 36.8 Å². The van der Waals surface area contributed by atoms with Crippen LogP contribution in [0, 0.1) is 5.82 Å². The van der Waals surface area contributed by atoms with Crippen molar-refractivity contribution < 1.29 is 4.39 Å². The number of nitrogens with zero attached hydrogens (tertiary/aromatic N) is 3. The van der Waals surface area contributed by atoms with Crippen molar-refractivity contribution >= 4 is 11.6 Å². The van der Waals surface area contributed by atoms with Crippen molar-refractivity contribution in [1.29, 1.82) is 0 Å². The molecule has 1 fully saturated rings. The number of benzene rings is 1. The molecule has 1 N–H and O–H groups in total. The lowest BCUT2D eigenvalue weighted by Crippen LogP contribution is -2.36. The largest absolute Gasteiger partial charge is 0.304 e. The molecule has 1 aromatic heterocycles. The summed E-state index contributed by atoms with van der Waals surface area (Å²) in [4.78, 5) is 10.7. The first kappa shape index (κ1) is 16.3. The van der Waals surface area contributed by atoms with Crippen molar-refractivity contribution in [2.24, 2.45) is 0 Å². The van der Waals surface area contributed by atoms with Crippen molar-refractivity contribution in [2.75, 3.05) is 13.6 Å². The quantitative estimate of drug-likeness (QED) is 0.930. The Kier molecular flexibility index (Phi) is 4.90. The van der Waals surface area contributed by atoms with E-state index in [1.165, 1.54) is 6.07 Å². The highest BCUT2D eigenvalue weighted by molar-refractivity contribution is 6.30. The lowest BCUT2D eigenvalue weighted by atomic mass is 9.99. The van der Waals surface area contributed by atoms with Crippen molar-refractivity contribution in [2.45, 2.75) is 31.5 Å². The van der Waals surface area contributed by atoms with Gasteiger partial charge >= 0.3 is 0 Å². The average Bonchev–Trinajstić information content (AvgIpc) is 2.91. The Labute approximate surface area is 140 Å². The molecule has 122 valence electrons. The van der Waals surface area contributed by atoms with E-state index in [1.807, 2.05) is 6.07 Å². The fourth-order valence-corrected chi connectivity index (χ4v) is 3.36. The summed E-state index contributed by atoms with van der Waals surface area (Å²) in [7, 11) is 2.06. The maximum absolute atomic E-state index is 13.8. The standard InChI is InChI=1S/C17H20ClFN4/c1-11(16-10-20-6-7-21-16)22-15-5-8-23(2)17(15)12-3-4-13(18)14(19)9-12/h3-4,6-7,9-11,15,17,22H,5,8H2,1-2H3. The van der Waals surface area contributed by atoms with Crippen LogP contribution in [0.1, 0.15) is 36.7 Å². The van der Waals surface area contributed by atoms with Gasteiger partial charge in [-0.1, -0.05) is 17.7 Å². The number of hydrogen-bond acceptors (Lipinski definition) is 4. The molecule has 1 aliphatic heterocycles. The Balaban J connectivity index is 1.79. The van der Waals surface area contributed by atoms with Gasteiger partial charge in [-0.05, 0) is 38.1 Å². The van der Waals surface area contributed by atoms with E-state index in [0.29, 0.717) is 0 Å². The molecule has 3 unspecified atom stereocenters. The zero-order valence-electron chi connectivity index (χ0n) is 13.2. The zero-order valence-corrected chi connectivity index (χ0v) is 14.0.